The van der Waals surface area contributed by atoms with E-state index in [9.17, 15) is 0 Å². The highest BCUT2D eigenvalue weighted by Gasteiger charge is 2.13. The highest BCUT2D eigenvalue weighted by atomic mass is 16.5. The molecule has 1 atom stereocenters. The molecule has 2 heterocycles. The van der Waals surface area contributed by atoms with E-state index in [0.717, 1.165) is 32.7 Å². The predicted octanol–water partition coefficient (Wildman–Crippen LogP) is 1.82. The molecule has 0 aliphatic carbocycles. The number of aromatic nitrogens is 2. The Labute approximate surface area is 103 Å². The van der Waals surface area contributed by atoms with Gasteiger partial charge in [-0.1, -0.05) is 0 Å². The van der Waals surface area contributed by atoms with Crippen molar-refractivity contribution in [3.8, 4) is 0 Å². The molecule has 1 saturated heterocycles. The largest absolute Gasteiger partial charge is 0.378 e. The van der Waals surface area contributed by atoms with Crippen LogP contribution in [0, 0.1) is 0 Å². The third kappa shape index (κ3) is 4.88. The van der Waals surface area contributed by atoms with Gasteiger partial charge in [0.2, 0.25) is 0 Å². The predicted molar refractivity (Wildman–Crippen MR) is 67.9 cm³/mol. The fraction of sp³-hybridized carbons (Fsp3) is 0.769. The summed E-state index contributed by atoms with van der Waals surface area (Å²) in [6, 6.07) is 1.97. The topological polar surface area (TPSA) is 39.1 Å². The summed E-state index contributed by atoms with van der Waals surface area (Å²) in [5.41, 5.74) is 0. The van der Waals surface area contributed by atoms with Gasteiger partial charge in [0, 0.05) is 25.5 Å². The van der Waals surface area contributed by atoms with Crippen molar-refractivity contribution in [1.29, 1.82) is 0 Å². The zero-order chi connectivity index (χ0) is 11.8. The summed E-state index contributed by atoms with van der Waals surface area (Å²) in [6.07, 6.45) is 10.5. The van der Waals surface area contributed by atoms with Crippen molar-refractivity contribution in [3.63, 3.8) is 0 Å². The maximum atomic E-state index is 5.59. The highest BCUT2D eigenvalue weighted by Crippen LogP contribution is 2.16. The SMILES string of the molecule is c1cnn(CCCNCCCC2CCCO2)c1. The number of hydrogen-bond acceptors (Lipinski definition) is 3. The van der Waals surface area contributed by atoms with Gasteiger partial charge in [-0.15, -0.1) is 0 Å². The maximum Gasteiger partial charge on any atom is 0.0576 e. The molecule has 0 radical (unpaired) electrons. The molecule has 1 aromatic rings. The Bertz CT molecular complexity index is 281. The molecule has 1 fully saturated rings. The van der Waals surface area contributed by atoms with E-state index in [1.165, 1.54) is 25.7 Å². The molecular weight excluding hydrogens is 214 g/mol. The van der Waals surface area contributed by atoms with E-state index in [0.29, 0.717) is 6.10 Å². The van der Waals surface area contributed by atoms with Crippen LogP contribution < -0.4 is 5.32 Å². The van der Waals surface area contributed by atoms with Crippen LogP contribution in [-0.2, 0) is 11.3 Å². The Hall–Kier alpha value is -0.870. The number of aryl methyl sites for hydroxylation is 1. The number of nitrogens with one attached hydrogen (secondary N) is 1. The molecule has 0 aromatic carbocycles. The van der Waals surface area contributed by atoms with Gasteiger partial charge in [-0.25, -0.2) is 0 Å². The van der Waals surface area contributed by atoms with Gasteiger partial charge < -0.3 is 10.1 Å². The molecule has 17 heavy (non-hydrogen) atoms. The summed E-state index contributed by atoms with van der Waals surface area (Å²) in [4.78, 5) is 0. The van der Waals surface area contributed by atoms with Crippen LogP contribution in [0.25, 0.3) is 0 Å². The average Bonchev–Trinajstić information content (AvgIpc) is 3.00. The van der Waals surface area contributed by atoms with Gasteiger partial charge in [0.05, 0.1) is 6.10 Å². The first kappa shape index (κ1) is 12.6. The standard InChI is InChI=1S/C13H23N3O/c1(5-13-6-2-12-17-13)7-14-8-3-10-16-11-4-9-15-16/h4,9,11,13-14H,1-3,5-8,10,12H2. The second-order valence-corrected chi connectivity index (χ2v) is 4.65. The minimum Gasteiger partial charge on any atom is -0.378 e. The highest BCUT2D eigenvalue weighted by molar-refractivity contribution is 4.77. The molecule has 4 heteroatoms. The molecular formula is C13H23N3O. The number of nitrogens with zero attached hydrogens (tertiary/aromatic N) is 2. The number of hydrogen-bond donors (Lipinski definition) is 1. The lowest BCUT2D eigenvalue weighted by Gasteiger charge is -2.09. The normalized spacial score (nSPS) is 19.9. The third-order valence-electron chi connectivity index (χ3n) is 3.20. The van der Waals surface area contributed by atoms with Gasteiger partial charge in [0.25, 0.3) is 0 Å². The molecule has 2 rings (SSSR count). The molecule has 1 aromatic heterocycles. The van der Waals surface area contributed by atoms with Crippen LogP contribution in [0.2, 0.25) is 0 Å². The molecule has 4 nitrogen and oxygen atoms in total. The first-order valence-corrected chi connectivity index (χ1v) is 6.75. The van der Waals surface area contributed by atoms with E-state index >= 15 is 0 Å². The van der Waals surface area contributed by atoms with Crippen molar-refractivity contribution < 1.29 is 4.74 Å². The molecule has 1 unspecified atom stereocenters. The van der Waals surface area contributed by atoms with Gasteiger partial charge >= 0.3 is 0 Å². The fourth-order valence-corrected chi connectivity index (χ4v) is 2.25. The van der Waals surface area contributed by atoms with E-state index in [1.54, 1.807) is 0 Å². The van der Waals surface area contributed by atoms with Crippen molar-refractivity contribution >= 4 is 0 Å². The van der Waals surface area contributed by atoms with Crippen molar-refractivity contribution in [2.45, 2.75) is 44.8 Å². The van der Waals surface area contributed by atoms with Gasteiger partial charge in [-0.3, -0.25) is 4.68 Å². The van der Waals surface area contributed by atoms with Crippen molar-refractivity contribution in [1.82, 2.24) is 15.1 Å². The summed E-state index contributed by atoms with van der Waals surface area (Å²) < 4.78 is 7.57. The molecule has 0 spiro atoms. The van der Waals surface area contributed by atoms with Gasteiger partial charge in [-0.2, -0.15) is 5.10 Å². The zero-order valence-corrected chi connectivity index (χ0v) is 10.5. The molecule has 0 amide bonds. The van der Waals surface area contributed by atoms with Crippen LogP contribution in [0.4, 0.5) is 0 Å². The Morgan fingerprint density at radius 3 is 3.06 bits per heavy atom. The Balaban J connectivity index is 1.39. The molecule has 1 aliphatic rings. The average molecular weight is 237 g/mol. The Morgan fingerprint density at radius 2 is 2.29 bits per heavy atom. The smallest absolute Gasteiger partial charge is 0.0576 e. The molecule has 0 saturated carbocycles. The van der Waals surface area contributed by atoms with E-state index in [4.69, 9.17) is 4.74 Å². The first-order chi connectivity index (χ1) is 8.45. The van der Waals surface area contributed by atoms with Crippen LogP contribution in [-0.4, -0.2) is 35.6 Å². The number of rotatable bonds is 8. The molecule has 1 N–H and O–H groups in total. The maximum absolute atomic E-state index is 5.59. The lowest BCUT2D eigenvalue weighted by atomic mass is 10.1. The van der Waals surface area contributed by atoms with E-state index in [1.807, 2.05) is 23.1 Å². The number of ether oxygens (including phenoxy) is 1. The summed E-state index contributed by atoms with van der Waals surface area (Å²) in [6.45, 7) is 4.16. The summed E-state index contributed by atoms with van der Waals surface area (Å²) in [7, 11) is 0. The summed E-state index contributed by atoms with van der Waals surface area (Å²) in [5.74, 6) is 0. The van der Waals surface area contributed by atoms with Gasteiger partial charge in [-0.05, 0) is 51.3 Å². The first-order valence-electron chi connectivity index (χ1n) is 6.75. The van der Waals surface area contributed by atoms with Crippen LogP contribution >= 0.6 is 0 Å². The molecule has 96 valence electrons. The summed E-state index contributed by atoms with van der Waals surface area (Å²) >= 11 is 0. The minimum absolute atomic E-state index is 0.542. The molecule has 1 aliphatic heterocycles. The van der Waals surface area contributed by atoms with E-state index < -0.39 is 0 Å². The second-order valence-electron chi connectivity index (χ2n) is 4.65. The van der Waals surface area contributed by atoms with E-state index in [-0.39, 0.29) is 0 Å². The monoisotopic (exact) mass is 237 g/mol. The van der Waals surface area contributed by atoms with Crippen LogP contribution in [0.15, 0.2) is 18.5 Å². The van der Waals surface area contributed by atoms with Crippen LogP contribution in [0.3, 0.4) is 0 Å². The van der Waals surface area contributed by atoms with Crippen LogP contribution in [0.5, 0.6) is 0 Å². The van der Waals surface area contributed by atoms with Gasteiger partial charge in [0.1, 0.15) is 0 Å². The summed E-state index contributed by atoms with van der Waals surface area (Å²) in [5, 5.41) is 7.65. The Morgan fingerprint density at radius 1 is 1.35 bits per heavy atom. The van der Waals surface area contributed by atoms with Crippen molar-refractivity contribution in [2.75, 3.05) is 19.7 Å². The Kier molecular flexibility index (Phi) is 5.52. The second kappa shape index (κ2) is 7.45. The van der Waals surface area contributed by atoms with E-state index in [2.05, 4.69) is 10.4 Å². The molecule has 0 bridgehead atoms. The van der Waals surface area contributed by atoms with Crippen molar-refractivity contribution in [2.24, 2.45) is 0 Å². The lowest BCUT2D eigenvalue weighted by molar-refractivity contribution is 0.102. The zero-order valence-electron chi connectivity index (χ0n) is 10.5. The van der Waals surface area contributed by atoms with Crippen molar-refractivity contribution in [3.05, 3.63) is 18.5 Å². The fourth-order valence-electron chi connectivity index (χ4n) is 2.25. The third-order valence-corrected chi connectivity index (χ3v) is 3.20. The van der Waals surface area contributed by atoms with Crippen LogP contribution in [0.1, 0.15) is 32.1 Å². The minimum atomic E-state index is 0.542. The lowest BCUT2D eigenvalue weighted by Crippen LogP contribution is -2.19. The quantitative estimate of drug-likeness (QED) is 0.701. The van der Waals surface area contributed by atoms with Gasteiger partial charge in [0.15, 0.2) is 0 Å².